The average Bonchev–Trinajstić information content (AvgIpc) is 3.37. The van der Waals surface area contributed by atoms with E-state index in [2.05, 4.69) is 20.4 Å². The first-order valence-electron chi connectivity index (χ1n) is 9.99. The maximum absolute atomic E-state index is 13.3. The highest BCUT2D eigenvalue weighted by Gasteiger charge is 2.39. The van der Waals surface area contributed by atoms with Gasteiger partial charge in [0, 0.05) is 25.5 Å². The van der Waals surface area contributed by atoms with Gasteiger partial charge >= 0.3 is 0 Å². The highest BCUT2D eigenvalue weighted by molar-refractivity contribution is 7.89. The van der Waals surface area contributed by atoms with E-state index in [0.717, 1.165) is 0 Å². The minimum absolute atomic E-state index is 0.192. The predicted molar refractivity (Wildman–Crippen MR) is 115 cm³/mol. The third-order valence-corrected chi connectivity index (χ3v) is 7.56. The Morgan fingerprint density at radius 2 is 1.90 bits per heavy atom. The first kappa shape index (κ1) is 21.1. The van der Waals surface area contributed by atoms with Crippen LogP contribution in [0.4, 0.5) is 5.69 Å². The lowest BCUT2D eigenvalue weighted by Crippen LogP contribution is -2.32. The molecule has 1 N–H and O–H groups in total. The highest BCUT2D eigenvalue weighted by atomic mass is 32.2. The number of amides is 1. The maximum Gasteiger partial charge on any atom is 0.259 e. The van der Waals surface area contributed by atoms with Crippen LogP contribution in [0.15, 0.2) is 47.6 Å². The lowest BCUT2D eigenvalue weighted by Gasteiger charge is -2.23. The number of nitrogens with one attached hydrogen (secondary N) is 1. The van der Waals surface area contributed by atoms with E-state index in [1.165, 1.54) is 16.7 Å². The summed E-state index contributed by atoms with van der Waals surface area (Å²) in [6.07, 6.45) is 4.17. The van der Waals surface area contributed by atoms with Crippen LogP contribution >= 0.6 is 0 Å². The molecule has 1 aliphatic rings. The number of aromatic nitrogens is 4. The van der Waals surface area contributed by atoms with Crippen molar-refractivity contribution in [3.8, 4) is 0 Å². The van der Waals surface area contributed by atoms with Gasteiger partial charge in [-0.05, 0) is 38.8 Å². The van der Waals surface area contributed by atoms with Crippen LogP contribution in [0.3, 0.4) is 0 Å². The molecule has 1 saturated heterocycles. The number of benzene rings is 1. The molecule has 9 nitrogen and oxygen atoms in total. The Morgan fingerprint density at radius 1 is 1.16 bits per heavy atom. The van der Waals surface area contributed by atoms with E-state index in [1.807, 2.05) is 18.2 Å². The van der Waals surface area contributed by atoms with E-state index in [-0.39, 0.29) is 10.8 Å². The van der Waals surface area contributed by atoms with Crippen molar-refractivity contribution in [3.63, 3.8) is 0 Å². The van der Waals surface area contributed by atoms with Crippen LogP contribution in [0.25, 0.3) is 0 Å². The monoisotopic (exact) mass is 440 g/mol. The normalized spacial score (nSPS) is 17.1. The summed E-state index contributed by atoms with van der Waals surface area (Å²) in [5.41, 5.74) is 2.11. The second kappa shape index (κ2) is 8.20. The van der Waals surface area contributed by atoms with Gasteiger partial charge in [-0.3, -0.25) is 9.48 Å². The number of carbonyl (C=O) groups excluding carboxylic acids is 1. The molecular formula is C21H24N6O3S. The molecule has 1 amide bonds. The van der Waals surface area contributed by atoms with Crippen LogP contribution in [-0.4, -0.2) is 44.9 Å². The SMILES string of the molecule is Cc1nc([C@H]2CCCN2S(=O)(=O)c2cnn(C)c2C)ncc1C(=O)Nc1ccccc1. The summed E-state index contributed by atoms with van der Waals surface area (Å²) >= 11 is 0. The molecule has 0 radical (unpaired) electrons. The second-order valence-electron chi connectivity index (χ2n) is 7.54. The number of carbonyl (C=O) groups is 1. The zero-order chi connectivity index (χ0) is 22.2. The highest BCUT2D eigenvalue weighted by Crippen LogP contribution is 2.35. The number of hydrogen-bond acceptors (Lipinski definition) is 6. The Hall–Kier alpha value is -3.11. The number of nitrogens with zero attached hydrogens (tertiary/aromatic N) is 5. The fourth-order valence-electron chi connectivity index (χ4n) is 3.73. The topological polar surface area (TPSA) is 110 Å². The Kier molecular flexibility index (Phi) is 5.59. The molecule has 1 aromatic carbocycles. The molecule has 0 spiro atoms. The van der Waals surface area contributed by atoms with Crippen molar-refractivity contribution >= 4 is 21.6 Å². The number of anilines is 1. The zero-order valence-electron chi connectivity index (χ0n) is 17.6. The van der Waals surface area contributed by atoms with Crippen LogP contribution in [0, 0.1) is 13.8 Å². The molecule has 1 fully saturated rings. The first-order valence-corrected chi connectivity index (χ1v) is 11.4. The molecule has 2 aromatic heterocycles. The van der Waals surface area contributed by atoms with Gasteiger partial charge in [0.05, 0.1) is 29.2 Å². The van der Waals surface area contributed by atoms with E-state index >= 15 is 0 Å². The quantitative estimate of drug-likeness (QED) is 0.653. The molecule has 162 valence electrons. The van der Waals surface area contributed by atoms with Crippen molar-refractivity contribution in [3.05, 3.63) is 65.5 Å². The molecule has 0 aliphatic carbocycles. The van der Waals surface area contributed by atoms with Gasteiger partial charge in [0.15, 0.2) is 0 Å². The van der Waals surface area contributed by atoms with Gasteiger partial charge in [0.2, 0.25) is 10.0 Å². The summed E-state index contributed by atoms with van der Waals surface area (Å²) in [4.78, 5) is 21.7. The van der Waals surface area contributed by atoms with Crippen molar-refractivity contribution in [2.24, 2.45) is 7.05 Å². The van der Waals surface area contributed by atoms with Crippen LogP contribution < -0.4 is 5.32 Å². The Balaban J connectivity index is 1.60. The summed E-state index contributed by atoms with van der Waals surface area (Å²) in [5, 5.41) is 6.88. The van der Waals surface area contributed by atoms with E-state index in [4.69, 9.17) is 0 Å². The van der Waals surface area contributed by atoms with Gasteiger partial charge < -0.3 is 5.32 Å². The number of aryl methyl sites for hydroxylation is 2. The van der Waals surface area contributed by atoms with Crippen molar-refractivity contribution in [2.75, 3.05) is 11.9 Å². The lowest BCUT2D eigenvalue weighted by molar-refractivity contribution is 0.102. The molecular weight excluding hydrogens is 416 g/mol. The minimum Gasteiger partial charge on any atom is -0.322 e. The fourth-order valence-corrected chi connectivity index (χ4v) is 5.58. The Bertz CT molecular complexity index is 1220. The summed E-state index contributed by atoms with van der Waals surface area (Å²) in [6, 6.07) is 8.65. The lowest BCUT2D eigenvalue weighted by atomic mass is 10.2. The van der Waals surface area contributed by atoms with E-state index in [9.17, 15) is 13.2 Å². The third kappa shape index (κ3) is 3.96. The Morgan fingerprint density at radius 3 is 2.55 bits per heavy atom. The van der Waals surface area contributed by atoms with E-state index < -0.39 is 16.1 Å². The number of sulfonamides is 1. The van der Waals surface area contributed by atoms with Crippen molar-refractivity contribution in [1.82, 2.24) is 24.1 Å². The van der Waals surface area contributed by atoms with Crippen LogP contribution in [0.5, 0.6) is 0 Å². The molecule has 0 bridgehead atoms. The summed E-state index contributed by atoms with van der Waals surface area (Å²) in [6.45, 7) is 3.84. The van der Waals surface area contributed by atoms with Crippen molar-refractivity contribution < 1.29 is 13.2 Å². The van der Waals surface area contributed by atoms with E-state index in [0.29, 0.717) is 47.8 Å². The van der Waals surface area contributed by atoms with Crippen LogP contribution in [0.2, 0.25) is 0 Å². The molecule has 31 heavy (non-hydrogen) atoms. The van der Waals surface area contributed by atoms with Gasteiger partial charge in [0.25, 0.3) is 5.91 Å². The molecule has 0 saturated carbocycles. The second-order valence-corrected chi connectivity index (χ2v) is 9.40. The smallest absolute Gasteiger partial charge is 0.259 e. The molecule has 4 rings (SSSR count). The number of para-hydroxylation sites is 1. The standard InChI is InChI=1S/C21H24N6O3S/c1-14-17(21(28)25-16-8-5-4-6-9-16)12-22-20(24-14)18-10-7-11-27(18)31(29,30)19-13-23-26(3)15(19)2/h4-6,8-9,12-13,18H,7,10-11H2,1-3H3,(H,25,28)/t18-/m1/s1. The van der Waals surface area contributed by atoms with Crippen LogP contribution in [0.1, 0.15) is 46.5 Å². The largest absolute Gasteiger partial charge is 0.322 e. The van der Waals surface area contributed by atoms with Gasteiger partial charge in [-0.15, -0.1) is 0 Å². The molecule has 3 heterocycles. The molecule has 0 unspecified atom stereocenters. The molecule has 3 aromatic rings. The first-order chi connectivity index (χ1) is 14.8. The van der Waals surface area contributed by atoms with Crippen molar-refractivity contribution in [2.45, 2.75) is 37.6 Å². The third-order valence-electron chi connectivity index (χ3n) is 5.55. The maximum atomic E-state index is 13.3. The van der Waals surface area contributed by atoms with Gasteiger partial charge in [-0.2, -0.15) is 9.40 Å². The van der Waals surface area contributed by atoms with Gasteiger partial charge in [-0.25, -0.2) is 18.4 Å². The van der Waals surface area contributed by atoms with E-state index in [1.54, 1.807) is 37.7 Å². The number of rotatable bonds is 5. The molecule has 1 aliphatic heterocycles. The van der Waals surface area contributed by atoms with Crippen molar-refractivity contribution in [1.29, 1.82) is 0 Å². The van der Waals surface area contributed by atoms with Gasteiger partial charge in [0.1, 0.15) is 10.7 Å². The summed E-state index contributed by atoms with van der Waals surface area (Å²) in [5.74, 6) is 0.0912. The predicted octanol–water partition coefficient (Wildman–Crippen LogP) is 2.61. The minimum atomic E-state index is -3.74. The molecule has 10 heteroatoms. The summed E-state index contributed by atoms with van der Waals surface area (Å²) < 4.78 is 29.5. The zero-order valence-corrected chi connectivity index (χ0v) is 18.4. The van der Waals surface area contributed by atoms with Crippen LogP contribution in [-0.2, 0) is 17.1 Å². The average molecular weight is 441 g/mol. The van der Waals surface area contributed by atoms with Gasteiger partial charge in [-0.1, -0.05) is 18.2 Å². The fraction of sp³-hybridized carbons (Fsp3) is 0.333. The summed E-state index contributed by atoms with van der Waals surface area (Å²) in [7, 11) is -2.03. The molecule has 1 atom stereocenters. The Labute approximate surface area is 181 Å². The number of hydrogen-bond donors (Lipinski definition) is 1.